The first-order valence-corrected chi connectivity index (χ1v) is 5.09. The van der Waals surface area contributed by atoms with Gasteiger partial charge in [-0.05, 0) is 17.5 Å². The molecule has 0 aliphatic rings. The van der Waals surface area contributed by atoms with E-state index in [2.05, 4.69) is 12.6 Å². The van der Waals surface area contributed by atoms with Crippen LogP contribution in [-0.2, 0) is 6.61 Å². The highest BCUT2D eigenvalue weighted by atomic mass is 32.1. The molecule has 0 bridgehead atoms. The zero-order valence-electron chi connectivity index (χ0n) is 6.82. The van der Waals surface area contributed by atoms with Crippen molar-refractivity contribution in [3.05, 3.63) is 23.8 Å². The molecular formula is C9H9NOS2. The summed E-state index contributed by atoms with van der Waals surface area (Å²) in [6, 6.07) is 5.75. The summed E-state index contributed by atoms with van der Waals surface area (Å²) in [6.07, 6.45) is 0. The quantitative estimate of drug-likeness (QED) is 0.634. The van der Waals surface area contributed by atoms with E-state index in [0.717, 1.165) is 25.5 Å². The summed E-state index contributed by atoms with van der Waals surface area (Å²) in [4.78, 5) is 0.817. The zero-order valence-corrected chi connectivity index (χ0v) is 8.53. The number of nitrogens with two attached hydrogens (primary N) is 1. The normalized spacial score (nSPS) is 10.9. The first-order valence-electron chi connectivity index (χ1n) is 3.83. The number of rotatable bonds is 1. The third-order valence-electron chi connectivity index (χ3n) is 1.94. The first-order chi connectivity index (χ1) is 6.22. The highest BCUT2D eigenvalue weighted by Crippen LogP contribution is 2.33. The summed E-state index contributed by atoms with van der Waals surface area (Å²) in [5, 5.41) is 11.0. The minimum absolute atomic E-state index is 0.0100. The van der Waals surface area contributed by atoms with Crippen molar-refractivity contribution in [2.45, 2.75) is 11.5 Å². The van der Waals surface area contributed by atoms with Crippen molar-refractivity contribution in [1.29, 1.82) is 0 Å². The van der Waals surface area contributed by atoms with Crippen molar-refractivity contribution in [3.8, 4) is 0 Å². The highest BCUT2D eigenvalue weighted by molar-refractivity contribution is 7.80. The second kappa shape index (κ2) is 3.21. The van der Waals surface area contributed by atoms with Crippen LogP contribution in [0.25, 0.3) is 10.1 Å². The molecule has 0 unspecified atom stereocenters. The SMILES string of the molecule is Nc1cc2ccc(S)c(CO)c2s1. The summed E-state index contributed by atoms with van der Waals surface area (Å²) in [7, 11) is 0. The number of hydrogen-bond donors (Lipinski definition) is 3. The van der Waals surface area contributed by atoms with Gasteiger partial charge in [0.1, 0.15) is 0 Å². The van der Waals surface area contributed by atoms with Crippen molar-refractivity contribution >= 4 is 39.1 Å². The van der Waals surface area contributed by atoms with E-state index in [0.29, 0.717) is 0 Å². The molecule has 0 fully saturated rings. The predicted octanol–water partition coefficient (Wildman–Crippen LogP) is 2.26. The van der Waals surface area contributed by atoms with E-state index in [1.54, 1.807) is 0 Å². The van der Waals surface area contributed by atoms with Crippen molar-refractivity contribution in [1.82, 2.24) is 0 Å². The van der Waals surface area contributed by atoms with Gasteiger partial charge in [-0.15, -0.1) is 24.0 Å². The Bertz CT molecular complexity index is 450. The van der Waals surface area contributed by atoms with Gasteiger partial charge in [-0.25, -0.2) is 0 Å². The Kier molecular flexibility index (Phi) is 2.19. The fraction of sp³-hybridized carbons (Fsp3) is 0.111. The molecule has 0 spiro atoms. The van der Waals surface area contributed by atoms with E-state index in [1.807, 2.05) is 18.2 Å². The molecule has 2 rings (SSSR count). The van der Waals surface area contributed by atoms with Crippen LogP contribution in [0.15, 0.2) is 23.1 Å². The molecule has 1 aromatic heterocycles. The number of benzene rings is 1. The second-order valence-corrected chi connectivity index (χ2v) is 4.35. The zero-order chi connectivity index (χ0) is 9.42. The number of aliphatic hydroxyl groups is 1. The van der Waals surface area contributed by atoms with Gasteiger partial charge in [-0.2, -0.15) is 0 Å². The smallest absolute Gasteiger partial charge is 0.0868 e. The van der Waals surface area contributed by atoms with Gasteiger partial charge in [0.2, 0.25) is 0 Å². The van der Waals surface area contributed by atoms with Gasteiger partial charge in [0.05, 0.1) is 11.6 Å². The molecule has 2 nitrogen and oxygen atoms in total. The average Bonchev–Trinajstić information content (AvgIpc) is 2.45. The van der Waals surface area contributed by atoms with Gasteiger partial charge in [0, 0.05) is 15.2 Å². The molecule has 1 heterocycles. The van der Waals surface area contributed by atoms with Crippen LogP contribution in [0.1, 0.15) is 5.56 Å². The van der Waals surface area contributed by atoms with Crippen LogP contribution in [0.3, 0.4) is 0 Å². The molecule has 0 radical (unpaired) electrons. The van der Waals surface area contributed by atoms with E-state index in [9.17, 15) is 0 Å². The molecule has 0 saturated carbocycles. The predicted molar refractivity (Wildman–Crippen MR) is 59.4 cm³/mol. The highest BCUT2D eigenvalue weighted by Gasteiger charge is 2.06. The Morgan fingerprint density at radius 3 is 2.92 bits per heavy atom. The Morgan fingerprint density at radius 1 is 1.46 bits per heavy atom. The molecule has 68 valence electrons. The lowest BCUT2D eigenvalue weighted by atomic mass is 10.2. The molecule has 13 heavy (non-hydrogen) atoms. The Morgan fingerprint density at radius 2 is 2.23 bits per heavy atom. The van der Waals surface area contributed by atoms with Crippen molar-refractivity contribution < 1.29 is 5.11 Å². The van der Waals surface area contributed by atoms with Gasteiger partial charge >= 0.3 is 0 Å². The molecule has 2 aromatic rings. The summed E-state index contributed by atoms with van der Waals surface area (Å²) < 4.78 is 1.03. The van der Waals surface area contributed by atoms with Crippen molar-refractivity contribution in [2.75, 3.05) is 5.73 Å². The molecule has 0 aliphatic carbocycles. The number of nitrogen functional groups attached to an aromatic ring is 1. The lowest BCUT2D eigenvalue weighted by molar-refractivity contribution is 0.281. The van der Waals surface area contributed by atoms with Crippen LogP contribution < -0.4 is 5.73 Å². The van der Waals surface area contributed by atoms with Crippen molar-refractivity contribution in [3.63, 3.8) is 0 Å². The van der Waals surface area contributed by atoms with E-state index >= 15 is 0 Å². The maximum absolute atomic E-state index is 9.14. The summed E-state index contributed by atoms with van der Waals surface area (Å²) in [5.74, 6) is 0. The van der Waals surface area contributed by atoms with Crippen LogP contribution in [0, 0.1) is 0 Å². The van der Waals surface area contributed by atoms with Gasteiger partial charge in [-0.3, -0.25) is 0 Å². The summed E-state index contributed by atoms with van der Waals surface area (Å²) >= 11 is 5.76. The maximum Gasteiger partial charge on any atom is 0.0868 e. The summed E-state index contributed by atoms with van der Waals surface area (Å²) in [6.45, 7) is 0.0100. The standard InChI is InChI=1S/C9H9NOS2/c10-8-3-5-1-2-7(12)6(4-11)9(5)13-8/h1-3,11-12H,4,10H2. The van der Waals surface area contributed by atoms with Crippen molar-refractivity contribution in [2.24, 2.45) is 0 Å². The first kappa shape index (κ1) is 8.87. The molecule has 0 amide bonds. The number of fused-ring (bicyclic) bond motifs is 1. The minimum Gasteiger partial charge on any atom is -0.392 e. The molecule has 4 heteroatoms. The number of thiol groups is 1. The topological polar surface area (TPSA) is 46.2 Å². The van der Waals surface area contributed by atoms with Crippen LogP contribution in [-0.4, -0.2) is 5.11 Å². The molecular weight excluding hydrogens is 202 g/mol. The summed E-state index contributed by atoms with van der Waals surface area (Å²) in [5.41, 5.74) is 6.54. The largest absolute Gasteiger partial charge is 0.392 e. The number of anilines is 1. The third-order valence-corrected chi connectivity index (χ3v) is 3.40. The van der Waals surface area contributed by atoms with Crippen LogP contribution in [0.2, 0.25) is 0 Å². The minimum atomic E-state index is 0.0100. The monoisotopic (exact) mass is 211 g/mol. The van der Waals surface area contributed by atoms with Gasteiger partial charge in [0.25, 0.3) is 0 Å². The number of hydrogen-bond acceptors (Lipinski definition) is 4. The Labute approximate surface area is 85.4 Å². The maximum atomic E-state index is 9.14. The molecule has 0 atom stereocenters. The van der Waals surface area contributed by atoms with Crippen LogP contribution in [0.5, 0.6) is 0 Å². The van der Waals surface area contributed by atoms with Gasteiger partial charge < -0.3 is 10.8 Å². The lowest BCUT2D eigenvalue weighted by Gasteiger charge is -2.01. The van der Waals surface area contributed by atoms with E-state index in [-0.39, 0.29) is 6.61 Å². The molecule has 0 aliphatic heterocycles. The molecule has 1 aromatic carbocycles. The fourth-order valence-corrected chi connectivity index (χ4v) is 2.62. The van der Waals surface area contributed by atoms with E-state index in [4.69, 9.17) is 10.8 Å². The van der Waals surface area contributed by atoms with E-state index < -0.39 is 0 Å². The van der Waals surface area contributed by atoms with Crippen LogP contribution in [0.4, 0.5) is 5.00 Å². The Balaban J connectivity index is 2.82. The molecule has 3 N–H and O–H groups in total. The Hall–Kier alpha value is -0.710. The lowest BCUT2D eigenvalue weighted by Crippen LogP contribution is -1.84. The van der Waals surface area contributed by atoms with Crippen LogP contribution >= 0.6 is 24.0 Å². The number of thiophene rings is 1. The second-order valence-electron chi connectivity index (χ2n) is 2.79. The third kappa shape index (κ3) is 1.41. The van der Waals surface area contributed by atoms with Gasteiger partial charge in [-0.1, -0.05) is 6.07 Å². The van der Waals surface area contributed by atoms with Gasteiger partial charge in [0.15, 0.2) is 0 Å². The number of aliphatic hydroxyl groups excluding tert-OH is 1. The van der Waals surface area contributed by atoms with E-state index in [1.165, 1.54) is 11.3 Å². The molecule has 0 saturated heterocycles. The average molecular weight is 211 g/mol. The fourth-order valence-electron chi connectivity index (χ4n) is 1.32.